The number of nitro benzene ring substituents is 1. The molecule has 0 spiro atoms. The predicted molar refractivity (Wildman–Crippen MR) is 75.0 cm³/mol. The first-order valence-electron chi connectivity index (χ1n) is 6.63. The lowest BCUT2D eigenvalue weighted by Gasteiger charge is -2.25. The Labute approximate surface area is 122 Å². The molecule has 0 bridgehead atoms. The molecule has 1 N–H and O–H groups in total. The molecule has 1 aromatic rings. The van der Waals surface area contributed by atoms with E-state index < -0.39 is 32.0 Å². The molecule has 0 aliphatic heterocycles. The van der Waals surface area contributed by atoms with E-state index in [0.717, 1.165) is 25.0 Å². The van der Waals surface area contributed by atoms with Gasteiger partial charge in [-0.3, -0.25) is 10.1 Å². The van der Waals surface area contributed by atoms with Gasteiger partial charge >= 0.3 is 5.69 Å². The minimum atomic E-state index is -3.92. The number of nitrogens with one attached hydrogen (secondary N) is 1. The number of nitrogens with zero attached hydrogens (tertiary/aromatic N) is 1. The van der Waals surface area contributed by atoms with E-state index in [-0.39, 0.29) is 10.5 Å². The maximum atomic E-state index is 13.6. The number of sulfonamides is 1. The zero-order chi connectivity index (χ0) is 15.8. The van der Waals surface area contributed by atoms with Crippen molar-refractivity contribution in [1.29, 1.82) is 0 Å². The lowest BCUT2D eigenvalue weighted by atomic mass is 10.0. The van der Waals surface area contributed by atoms with Crippen molar-refractivity contribution in [1.82, 2.24) is 4.72 Å². The highest BCUT2D eigenvalue weighted by Gasteiger charge is 2.34. The van der Waals surface area contributed by atoms with Crippen LogP contribution in [0, 0.1) is 22.9 Å². The Morgan fingerprint density at radius 2 is 1.90 bits per heavy atom. The molecule has 1 aliphatic carbocycles. The van der Waals surface area contributed by atoms with Crippen LogP contribution in [0.5, 0.6) is 0 Å². The maximum absolute atomic E-state index is 13.6. The molecule has 1 fully saturated rings. The average molecular weight is 316 g/mol. The van der Waals surface area contributed by atoms with Crippen molar-refractivity contribution >= 4 is 15.7 Å². The molecular formula is C13H17FN2O4S. The second kappa shape index (κ2) is 5.34. The molecule has 0 atom stereocenters. The third kappa shape index (κ3) is 3.21. The molecule has 8 heteroatoms. The van der Waals surface area contributed by atoms with E-state index in [9.17, 15) is 22.9 Å². The number of nitro groups is 1. The Morgan fingerprint density at radius 1 is 1.33 bits per heavy atom. The van der Waals surface area contributed by atoms with Crippen molar-refractivity contribution < 1.29 is 17.7 Å². The van der Waals surface area contributed by atoms with E-state index in [4.69, 9.17) is 0 Å². The first-order chi connectivity index (χ1) is 9.65. The highest BCUT2D eigenvalue weighted by molar-refractivity contribution is 7.89. The highest BCUT2D eigenvalue weighted by Crippen LogP contribution is 2.32. The van der Waals surface area contributed by atoms with Crippen LogP contribution in [-0.4, -0.2) is 18.9 Å². The number of hydrogen-bond donors (Lipinski definition) is 1. The molecule has 21 heavy (non-hydrogen) atoms. The van der Waals surface area contributed by atoms with E-state index >= 15 is 0 Å². The summed E-state index contributed by atoms with van der Waals surface area (Å²) in [5.74, 6) is -1.01. The van der Waals surface area contributed by atoms with Gasteiger partial charge in [-0.1, -0.05) is 12.8 Å². The van der Waals surface area contributed by atoms with Gasteiger partial charge in [-0.15, -0.1) is 0 Å². The molecule has 1 saturated carbocycles. The molecule has 116 valence electrons. The van der Waals surface area contributed by atoms with Gasteiger partial charge in [-0.2, -0.15) is 4.39 Å². The minimum Gasteiger partial charge on any atom is -0.258 e. The smallest absolute Gasteiger partial charge is 0.258 e. The van der Waals surface area contributed by atoms with Crippen molar-refractivity contribution in [3.63, 3.8) is 0 Å². The van der Waals surface area contributed by atoms with Crippen LogP contribution < -0.4 is 4.72 Å². The van der Waals surface area contributed by atoms with Crippen molar-refractivity contribution in [2.24, 2.45) is 0 Å². The molecular weight excluding hydrogens is 299 g/mol. The van der Waals surface area contributed by atoms with Gasteiger partial charge in [0.05, 0.1) is 9.82 Å². The third-order valence-electron chi connectivity index (χ3n) is 3.80. The zero-order valence-electron chi connectivity index (χ0n) is 11.8. The van der Waals surface area contributed by atoms with Gasteiger partial charge in [0.2, 0.25) is 15.8 Å². The van der Waals surface area contributed by atoms with E-state index in [1.54, 1.807) is 0 Å². The van der Waals surface area contributed by atoms with E-state index in [2.05, 4.69) is 4.72 Å². The van der Waals surface area contributed by atoms with E-state index in [0.29, 0.717) is 12.8 Å². The maximum Gasteiger partial charge on any atom is 0.306 e. The Bertz CT molecular complexity index is 682. The average Bonchev–Trinajstić information content (AvgIpc) is 2.77. The fourth-order valence-electron chi connectivity index (χ4n) is 2.65. The number of aryl methyl sites for hydroxylation is 1. The van der Waals surface area contributed by atoms with Crippen LogP contribution in [0.1, 0.15) is 38.2 Å². The standard InChI is InChI=1S/C13H17FN2O4S/c1-9-7-10(8-11(12(9)14)16(17)18)21(19,20)15-13(2)5-3-4-6-13/h7-8,15H,3-6H2,1-2H3. The number of hydrogen-bond acceptors (Lipinski definition) is 4. The second-order valence-corrected chi connectivity index (χ2v) is 7.39. The Morgan fingerprint density at radius 3 is 2.43 bits per heavy atom. The minimum absolute atomic E-state index is 0.0684. The van der Waals surface area contributed by atoms with Crippen molar-refractivity contribution in [2.45, 2.75) is 50.0 Å². The molecule has 1 aliphatic rings. The van der Waals surface area contributed by atoms with Crippen molar-refractivity contribution in [3.05, 3.63) is 33.6 Å². The van der Waals surface area contributed by atoms with E-state index in [1.807, 2.05) is 6.92 Å². The van der Waals surface area contributed by atoms with Gasteiger partial charge in [0.1, 0.15) is 0 Å². The van der Waals surface area contributed by atoms with Gasteiger partial charge in [0, 0.05) is 11.6 Å². The lowest BCUT2D eigenvalue weighted by Crippen LogP contribution is -2.43. The Hall–Kier alpha value is -1.54. The number of halogens is 1. The summed E-state index contributed by atoms with van der Waals surface area (Å²) >= 11 is 0. The van der Waals surface area contributed by atoms with Crippen LogP contribution in [0.4, 0.5) is 10.1 Å². The first-order valence-corrected chi connectivity index (χ1v) is 8.11. The summed E-state index contributed by atoms with van der Waals surface area (Å²) in [5.41, 5.74) is -1.44. The van der Waals surface area contributed by atoms with Crippen LogP contribution in [0.25, 0.3) is 0 Å². The summed E-state index contributed by atoms with van der Waals surface area (Å²) in [5, 5.41) is 10.8. The molecule has 1 aromatic carbocycles. The van der Waals surface area contributed by atoms with Crippen LogP contribution in [0.15, 0.2) is 17.0 Å². The highest BCUT2D eigenvalue weighted by atomic mass is 32.2. The molecule has 0 radical (unpaired) electrons. The summed E-state index contributed by atoms with van der Waals surface area (Å²) in [7, 11) is -3.92. The molecule has 0 heterocycles. The topological polar surface area (TPSA) is 89.3 Å². The third-order valence-corrected chi connectivity index (χ3v) is 5.42. The SMILES string of the molecule is Cc1cc(S(=O)(=O)NC2(C)CCCC2)cc([N+](=O)[O-])c1F. The Balaban J connectivity index is 2.43. The fraction of sp³-hybridized carbons (Fsp3) is 0.538. The monoisotopic (exact) mass is 316 g/mol. The molecule has 0 aromatic heterocycles. The molecule has 6 nitrogen and oxygen atoms in total. The van der Waals surface area contributed by atoms with Crippen molar-refractivity contribution in [2.75, 3.05) is 0 Å². The number of rotatable bonds is 4. The van der Waals surface area contributed by atoms with Gasteiger partial charge in [-0.25, -0.2) is 13.1 Å². The van der Waals surface area contributed by atoms with Gasteiger partial charge < -0.3 is 0 Å². The molecule has 0 unspecified atom stereocenters. The Kier molecular flexibility index (Phi) is 4.03. The molecule has 0 saturated heterocycles. The second-order valence-electron chi connectivity index (χ2n) is 5.70. The summed E-state index contributed by atoms with van der Waals surface area (Å²) < 4.78 is 41.0. The van der Waals surface area contributed by atoms with Crippen LogP contribution in [-0.2, 0) is 10.0 Å². The summed E-state index contributed by atoms with van der Waals surface area (Å²) in [6, 6.07) is 1.88. The van der Waals surface area contributed by atoms with Gasteiger partial charge in [0.15, 0.2) is 0 Å². The summed E-state index contributed by atoms with van der Waals surface area (Å²) in [4.78, 5) is 9.62. The first kappa shape index (κ1) is 15.8. The van der Waals surface area contributed by atoms with E-state index in [1.165, 1.54) is 6.92 Å². The van der Waals surface area contributed by atoms with Gasteiger partial charge in [-0.05, 0) is 38.3 Å². The van der Waals surface area contributed by atoms with Crippen LogP contribution in [0.3, 0.4) is 0 Å². The molecule has 0 amide bonds. The van der Waals surface area contributed by atoms with Crippen molar-refractivity contribution in [3.8, 4) is 0 Å². The zero-order valence-corrected chi connectivity index (χ0v) is 12.7. The summed E-state index contributed by atoms with van der Waals surface area (Å²) in [6.45, 7) is 3.11. The largest absolute Gasteiger partial charge is 0.306 e. The normalized spacial score (nSPS) is 17.9. The lowest BCUT2D eigenvalue weighted by molar-refractivity contribution is -0.387. The van der Waals surface area contributed by atoms with Gasteiger partial charge in [0.25, 0.3) is 0 Å². The van der Waals surface area contributed by atoms with Crippen LogP contribution in [0.2, 0.25) is 0 Å². The summed E-state index contributed by atoms with van der Waals surface area (Å²) in [6.07, 6.45) is 3.30. The molecule has 2 rings (SSSR count). The van der Waals surface area contributed by atoms with Crippen LogP contribution >= 0.6 is 0 Å². The predicted octanol–water partition coefficient (Wildman–Crippen LogP) is 2.65. The quantitative estimate of drug-likeness (QED) is 0.683. The fourth-order valence-corrected chi connectivity index (χ4v) is 4.22. The number of benzene rings is 1.